The molecule has 1 aromatic heterocycles. The zero-order valence-electron chi connectivity index (χ0n) is 10.4. The molecule has 0 radical (unpaired) electrons. The van der Waals surface area contributed by atoms with Crippen LogP contribution in [0.1, 0.15) is 16.1 Å². The normalized spacial score (nSPS) is 10.2. The third kappa shape index (κ3) is 4.36. The van der Waals surface area contributed by atoms with Gasteiger partial charge in [-0.15, -0.1) is 23.1 Å². The molecule has 104 valence electrons. The number of thiazole rings is 1. The number of esters is 1. The number of ether oxygens (including phenoxy) is 1. The Morgan fingerprint density at radius 2 is 2.05 bits per heavy atom. The molecule has 7 heteroatoms. The lowest BCUT2D eigenvalue weighted by molar-refractivity contribution is -0.121. The molecule has 0 aliphatic rings. The van der Waals surface area contributed by atoms with Crippen LogP contribution in [0.3, 0.4) is 0 Å². The number of amides is 1. The highest BCUT2D eigenvalue weighted by Crippen LogP contribution is 2.23. The van der Waals surface area contributed by atoms with Gasteiger partial charge in [0.2, 0.25) is 0 Å². The van der Waals surface area contributed by atoms with Gasteiger partial charge in [0.15, 0.2) is 6.61 Å². The molecule has 0 unspecified atom stereocenters. The molecule has 20 heavy (non-hydrogen) atoms. The van der Waals surface area contributed by atoms with Gasteiger partial charge in [-0.3, -0.25) is 4.79 Å². The van der Waals surface area contributed by atoms with Gasteiger partial charge in [-0.2, -0.15) is 0 Å². The van der Waals surface area contributed by atoms with Crippen LogP contribution in [0.15, 0.2) is 40.1 Å². The van der Waals surface area contributed by atoms with E-state index in [1.165, 1.54) is 0 Å². The van der Waals surface area contributed by atoms with Gasteiger partial charge in [0.25, 0.3) is 5.91 Å². The number of hydrogen-bond donors (Lipinski definition) is 1. The van der Waals surface area contributed by atoms with Crippen molar-refractivity contribution in [3.05, 3.63) is 46.4 Å². The largest absolute Gasteiger partial charge is 0.452 e. The topological polar surface area (TPSA) is 82.3 Å². The van der Waals surface area contributed by atoms with E-state index in [9.17, 15) is 9.59 Å². The number of rotatable bonds is 6. The molecule has 1 heterocycles. The summed E-state index contributed by atoms with van der Waals surface area (Å²) in [6, 6.07) is 6.98. The number of nitrogens with zero attached hydrogens (tertiary/aromatic N) is 1. The Morgan fingerprint density at radius 3 is 2.65 bits per heavy atom. The van der Waals surface area contributed by atoms with Crippen LogP contribution in [0.25, 0.3) is 0 Å². The van der Waals surface area contributed by atoms with Crippen LogP contribution >= 0.6 is 23.1 Å². The van der Waals surface area contributed by atoms with Crippen molar-refractivity contribution in [2.45, 2.75) is 10.6 Å². The van der Waals surface area contributed by atoms with E-state index in [1.807, 2.05) is 17.5 Å². The first-order chi connectivity index (χ1) is 9.65. The van der Waals surface area contributed by atoms with E-state index < -0.39 is 18.5 Å². The second-order valence-electron chi connectivity index (χ2n) is 3.84. The quantitative estimate of drug-likeness (QED) is 0.652. The Labute approximate surface area is 124 Å². The Morgan fingerprint density at radius 1 is 1.30 bits per heavy atom. The SMILES string of the molecule is NC(=O)COC(=O)c1ccc(SCc2cscn2)cc1. The molecule has 0 saturated carbocycles. The minimum absolute atomic E-state index is 0.393. The number of benzene rings is 1. The lowest BCUT2D eigenvalue weighted by atomic mass is 10.2. The molecule has 0 bridgehead atoms. The van der Waals surface area contributed by atoms with E-state index in [1.54, 1.807) is 40.7 Å². The molecule has 5 nitrogen and oxygen atoms in total. The van der Waals surface area contributed by atoms with Crippen LogP contribution in [0.2, 0.25) is 0 Å². The van der Waals surface area contributed by atoms with Gasteiger partial charge < -0.3 is 10.5 Å². The summed E-state index contributed by atoms with van der Waals surface area (Å²) in [5.41, 5.74) is 8.13. The predicted octanol–water partition coefficient (Wildman–Crippen LogP) is 2.08. The predicted molar refractivity (Wildman–Crippen MR) is 77.6 cm³/mol. The number of aromatic nitrogens is 1. The Kier molecular flexibility index (Phi) is 5.14. The highest BCUT2D eigenvalue weighted by atomic mass is 32.2. The number of thioether (sulfide) groups is 1. The fourth-order valence-corrected chi connectivity index (χ4v) is 2.84. The first-order valence-electron chi connectivity index (χ1n) is 5.70. The average molecular weight is 308 g/mol. The first kappa shape index (κ1) is 14.5. The number of primary amides is 1. The minimum Gasteiger partial charge on any atom is -0.452 e. The van der Waals surface area contributed by atoms with Crippen molar-refractivity contribution in [3.8, 4) is 0 Å². The molecule has 1 aromatic carbocycles. The summed E-state index contributed by atoms with van der Waals surface area (Å²) in [4.78, 5) is 27.3. The lowest BCUT2D eigenvalue weighted by Gasteiger charge is -2.04. The molecule has 1 amide bonds. The van der Waals surface area contributed by atoms with Crippen molar-refractivity contribution in [3.63, 3.8) is 0 Å². The number of carbonyl (C=O) groups is 2. The Hall–Kier alpha value is -1.86. The van der Waals surface area contributed by atoms with Gasteiger partial charge in [0, 0.05) is 16.0 Å². The van der Waals surface area contributed by atoms with E-state index in [0.717, 1.165) is 16.3 Å². The van der Waals surface area contributed by atoms with Crippen LogP contribution in [0.5, 0.6) is 0 Å². The van der Waals surface area contributed by atoms with Crippen molar-refractivity contribution in [1.29, 1.82) is 0 Å². The van der Waals surface area contributed by atoms with Crippen LogP contribution < -0.4 is 5.73 Å². The van der Waals surface area contributed by atoms with Gasteiger partial charge in [-0.05, 0) is 24.3 Å². The Bertz CT molecular complexity index is 582. The van der Waals surface area contributed by atoms with Crippen LogP contribution in [0, 0.1) is 0 Å². The van der Waals surface area contributed by atoms with Crippen LogP contribution in [-0.2, 0) is 15.3 Å². The van der Waals surface area contributed by atoms with Gasteiger partial charge in [0.05, 0.1) is 16.8 Å². The van der Waals surface area contributed by atoms with E-state index >= 15 is 0 Å². The molecule has 0 atom stereocenters. The molecule has 0 fully saturated rings. The molecule has 0 spiro atoms. The maximum absolute atomic E-state index is 11.6. The summed E-state index contributed by atoms with van der Waals surface area (Å²) in [5.74, 6) is -0.441. The highest BCUT2D eigenvalue weighted by molar-refractivity contribution is 7.98. The summed E-state index contributed by atoms with van der Waals surface area (Å²) in [6.07, 6.45) is 0. The molecule has 0 saturated heterocycles. The summed E-state index contributed by atoms with van der Waals surface area (Å²) in [7, 11) is 0. The number of nitrogens with two attached hydrogens (primary N) is 1. The highest BCUT2D eigenvalue weighted by Gasteiger charge is 2.08. The smallest absolute Gasteiger partial charge is 0.338 e. The zero-order valence-corrected chi connectivity index (χ0v) is 12.1. The van der Waals surface area contributed by atoms with Gasteiger partial charge >= 0.3 is 5.97 Å². The van der Waals surface area contributed by atoms with E-state index in [2.05, 4.69) is 4.98 Å². The zero-order chi connectivity index (χ0) is 14.4. The number of carbonyl (C=O) groups excluding carboxylic acids is 2. The summed E-state index contributed by atoms with van der Waals surface area (Å²) in [5, 5.41) is 2.00. The second-order valence-corrected chi connectivity index (χ2v) is 5.60. The van der Waals surface area contributed by atoms with Crippen molar-refractivity contribution in [2.75, 3.05) is 6.61 Å². The minimum atomic E-state index is -0.672. The summed E-state index contributed by atoms with van der Waals surface area (Å²) < 4.78 is 4.72. The third-order valence-electron chi connectivity index (χ3n) is 2.31. The van der Waals surface area contributed by atoms with Gasteiger partial charge in [0.1, 0.15) is 0 Å². The van der Waals surface area contributed by atoms with Crippen molar-refractivity contribution < 1.29 is 14.3 Å². The van der Waals surface area contributed by atoms with E-state index in [0.29, 0.717) is 5.56 Å². The van der Waals surface area contributed by atoms with Crippen molar-refractivity contribution >= 4 is 35.0 Å². The standard InChI is InChI=1S/C13H12N2O3S2/c14-12(16)5-18-13(17)9-1-3-11(4-2-9)20-7-10-6-19-8-15-10/h1-4,6,8H,5,7H2,(H2,14,16). The van der Waals surface area contributed by atoms with E-state index in [4.69, 9.17) is 10.5 Å². The van der Waals surface area contributed by atoms with Crippen LogP contribution in [-0.4, -0.2) is 23.5 Å². The van der Waals surface area contributed by atoms with Crippen molar-refractivity contribution in [2.24, 2.45) is 5.73 Å². The van der Waals surface area contributed by atoms with Crippen molar-refractivity contribution in [1.82, 2.24) is 4.98 Å². The molecular formula is C13H12N2O3S2. The van der Waals surface area contributed by atoms with Gasteiger partial charge in [-0.25, -0.2) is 9.78 Å². The molecule has 2 N–H and O–H groups in total. The fraction of sp³-hybridized carbons (Fsp3) is 0.154. The average Bonchev–Trinajstić information content (AvgIpc) is 2.96. The Balaban J connectivity index is 1.89. The van der Waals surface area contributed by atoms with E-state index in [-0.39, 0.29) is 0 Å². The maximum atomic E-state index is 11.6. The molecule has 0 aliphatic carbocycles. The second kappa shape index (κ2) is 7.06. The van der Waals surface area contributed by atoms with Crippen LogP contribution in [0.4, 0.5) is 0 Å². The monoisotopic (exact) mass is 308 g/mol. The first-order valence-corrected chi connectivity index (χ1v) is 7.63. The summed E-state index contributed by atoms with van der Waals surface area (Å²) in [6.45, 7) is -0.404. The molecule has 2 rings (SSSR count). The molecule has 0 aliphatic heterocycles. The number of hydrogen-bond acceptors (Lipinski definition) is 6. The molecule has 2 aromatic rings. The maximum Gasteiger partial charge on any atom is 0.338 e. The molecular weight excluding hydrogens is 296 g/mol. The van der Waals surface area contributed by atoms with Gasteiger partial charge in [-0.1, -0.05) is 0 Å². The fourth-order valence-electron chi connectivity index (χ4n) is 1.37. The third-order valence-corrected chi connectivity index (χ3v) is 3.99. The summed E-state index contributed by atoms with van der Waals surface area (Å²) >= 11 is 3.20. The lowest BCUT2D eigenvalue weighted by Crippen LogP contribution is -2.20.